The minimum Gasteiger partial charge on any atom is -0.254 e. The summed E-state index contributed by atoms with van der Waals surface area (Å²) in [6.45, 7) is 4.77. The van der Waals surface area contributed by atoms with Crippen molar-refractivity contribution < 1.29 is 0 Å². The Balaban J connectivity index is 1.29. The average Bonchev–Trinajstić information content (AvgIpc) is 3.33. The first-order valence-corrected chi connectivity index (χ1v) is 18.1. The predicted octanol–water partition coefficient (Wildman–Crippen LogP) is 12.8. The van der Waals surface area contributed by atoms with Crippen LogP contribution in [0.2, 0.25) is 0 Å². The molecule has 4 aromatic carbocycles. The van der Waals surface area contributed by atoms with Crippen LogP contribution in [0.15, 0.2) is 103 Å². The van der Waals surface area contributed by atoms with Crippen molar-refractivity contribution in [2.45, 2.75) is 95.8 Å². The Morgan fingerprint density at radius 3 is 1.96 bits per heavy atom. The molecule has 0 spiro atoms. The van der Waals surface area contributed by atoms with Gasteiger partial charge in [0.2, 0.25) is 0 Å². The summed E-state index contributed by atoms with van der Waals surface area (Å²) in [5.41, 5.74) is 14.2. The second kappa shape index (κ2) is 12.7. The Bertz CT molecular complexity index is 2060. The molecule has 1 saturated carbocycles. The summed E-state index contributed by atoms with van der Waals surface area (Å²) < 4.78 is 0. The molecular weight excluding hydrogens is 569 g/mol. The van der Waals surface area contributed by atoms with Gasteiger partial charge >= 0.3 is 0 Å². The lowest BCUT2D eigenvalue weighted by atomic mass is 9.81. The highest BCUT2D eigenvalue weighted by atomic mass is 14.7. The molecule has 2 aliphatic carbocycles. The maximum absolute atomic E-state index is 4.86. The SMILES string of the molecule is CC1(C)c2ccccc2-c2ccc(-c3cc(-c4cc5cccnc5c5ncccc45)cc(C4CCCCCCCCCCC4)c3)cc21. The van der Waals surface area contributed by atoms with E-state index in [0.29, 0.717) is 5.92 Å². The van der Waals surface area contributed by atoms with Gasteiger partial charge in [-0.1, -0.05) is 132 Å². The van der Waals surface area contributed by atoms with E-state index in [1.807, 2.05) is 18.5 Å². The second-order valence-electron chi connectivity index (χ2n) is 14.6. The molecule has 0 unspecified atom stereocenters. The van der Waals surface area contributed by atoms with Crippen molar-refractivity contribution in [3.63, 3.8) is 0 Å². The van der Waals surface area contributed by atoms with Crippen LogP contribution < -0.4 is 0 Å². The summed E-state index contributed by atoms with van der Waals surface area (Å²) in [4.78, 5) is 9.61. The van der Waals surface area contributed by atoms with E-state index in [1.54, 1.807) is 0 Å². The maximum atomic E-state index is 4.86. The number of pyridine rings is 2. The van der Waals surface area contributed by atoms with Gasteiger partial charge in [0.25, 0.3) is 0 Å². The van der Waals surface area contributed by atoms with Crippen LogP contribution in [0.5, 0.6) is 0 Å². The van der Waals surface area contributed by atoms with Crippen LogP contribution in [0, 0.1) is 0 Å². The van der Waals surface area contributed by atoms with Gasteiger partial charge < -0.3 is 0 Å². The summed E-state index contributed by atoms with van der Waals surface area (Å²) in [5, 5.41) is 2.31. The van der Waals surface area contributed by atoms with Gasteiger partial charge in [-0.2, -0.15) is 0 Å². The second-order valence-corrected chi connectivity index (χ2v) is 14.6. The molecule has 0 saturated heterocycles. The summed E-state index contributed by atoms with van der Waals surface area (Å²) in [6.07, 6.45) is 18.7. The van der Waals surface area contributed by atoms with Gasteiger partial charge in [0.15, 0.2) is 0 Å². The molecule has 2 nitrogen and oxygen atoms in total. The first-order chi connectivity index (χ1) is 23.1. The Kier molecular flexibility index (Phi) is 8.13. The molecule has 0 aliphatic heterocycles. The van der Waals surface area contributed by atoms with Gasteiger partial charge in [0.05, 0.1) is 11.0 Å². The first kappa shape index (κ1) is 30.1. The van der Waals surface area contributed by atoms with E-state index in [1.165, 1.54) is 126 Å². The third-order valence-electron chi connectivity index (χ3n) is 11.2. The molecule has 2 aromatic heterocycles. The molecule has 6 aromatic rings. The normalized spacial score (nSPS) is 17.1. The fraction of sp³-hybridized carbons (Fsp3) is 0.333. The fourth-order valence-corrected chi connectivity index (χ4v) is 8.61. The molecule has 0 bridgehead atoms. The third kappa shape index (κ3) is 5.67. The van der Waals surface area contributed by atoms with E-state index >= 15 is 0 Å². The monoisotopic (exact) mass is 614 g/mol. The van der Waals surface area contributed by atoms with Gasteiger partial charge in [-0.15, -0.1) is 0 Å². The molecule has 47 heavy (non-hydrogen) atoms. The molecule has 236 valence electrons. The number of fused-ring (bicyclic) bond motifs is 6. The third-order valence-corrected chi connectivity index (χ3v) is 11.2. The summed E-state index contributed by atoms with van der Waals surface area (Å²) in [6, 6.07) is 34.6. The van der Waals surface area contributed by atoms with Crippen LogP contribution in [0.1, 0.15) is 107 Å². The zero-order valence-electron chi connectivity index (χ0n) is 28.1. The number of benzene rings is 4. The number of nitrogens with zero attached hydrogens (tertiary/aromatic N) is 2. The Labute approximate surface area is 280 Å². The molecule has 0 radical (unpaired) electrons. The van der Waals surface area contributed by atoms with Crippen LogP contribution in [0.3, 0.4) is 0 Å². The van der Waals surface area contributed by atoms with Gasteiger partial charge in [0, 0.05) is 28.6 Å². The average molecular weight is 615 g/mol. The quantitative estimate of drug-likeness (QED) is 0.185. The zero-order chi connectivity index (χ0) is 31.8. The van der Waals surface area contributed by atoms with Crippen LogP contribution in [0.25, 0.3) is 55.2 Å². The summed E-state index contributed by atoms with van der Waals surface area (Å²) in [7, 11) is 0. The van der Waals surface area contributed by atoms with Gasteiger partial charge in [0.1, 0.15) is 0 Å². The zero-order valence-corrected chi connectivity index (χ0v) is 28.1. The van der Waals surface area contributed by atoms with E-state index in [9.17, 15) is 0 Å². The smallest absolute Gasteiger partial charge is 0.0970 e. The highest BCUT2D eigenvalue weighted by Gasteiger charge is 2.35. The van der Waals surface area contributed by atoms with Crippen molar-refractivity contribution in [3.8, 4) is 33.4 Å². The Morgan fingerprint density at radius 2 is 1.17 bits per heavy atom. The van der Waals surface area contributed by atoms with Crippen molar-refractivity contribution in [2.24, 2.45) is 0 Å². The first-order valence-electron chi connectivity index (χ1n) is 18.1. The number of hydrogen-bond acceptors (Lipinski definition) is 2. The van der Waals surface area contributed by atoms with Crippen molar-refractivity contribution in [3.05, 3.63) is 120 Å². The van der Waals surface area contributed by atoms with Crippen LogP contribution in [-0.4, -0.2) is 9.97 Å². The molecule has 0 atom stereocenters. The maximum Gasteiger partial charge on any atom is 0.0970 e. The predicted molar refractivity (Wildman–Crippen MR) is 199 cm³/mol. The van der Waals surface area contributed by atoms with Crippen LogP contribution in [-0.2, 0) is 5.41 Å². The lowest BCUT2D eigenvalue weighted by Crippen LogP contribution is -2.14. The van der Waals surface area contributed by atoms with E-state index in [-0.39, 0.29) is 5.41 Å². The van der Waals surface area contributed by atoms with E-state index in [4.69, 9.17) is 9.97 Å². The summed E-state index contributed by atoms with van der Waals surface area (Å²) >= 11 is 0. The fourth-order valence-electron chi connectivity index (χ4n) is 8.61. The van der Waals surface area contributed by atoms with E-state index < -0.39 is 0 Å². The number of hydrogen-bond donors (Lipinski definition) is 0. The molecule has 1 fully saturated rings. The van der Waals surface area contributed by atoms with E-state index in [2.05, 4.69) is 98.8 Å². The van der Waals surface area contributed by atoms with E-state index in [0.717, 1.165) is 16.4 Å². The standard InChI is InChI=1S/C45H46N2/c1-45(2)41-21-13-12-19-37(41)38-23-22-32(30-42(38)45)35-26-34(31-16-10-8-6-4-3-5-7-9-11-17-31)27-36(28-35)40-29-33-18-14-24-46-43(33)44-39(40)20-15-25-47-44/h12-15,18-31H,3-11,16-17H2,1-2H3. The largest absolute Gasteiger partial charge is 0.254 e. The molecule has 8 rings (SSSR count). The van der Waals surface area contributed by atoms with Crippen molar-refractivity contribution in [2.75, 3.05) is 0 Å². The highest BCUT2D eigenvalue weighted by molar-refractivity contribution is 6.10. The Morgan fingerprint density at radius 1 is 0.511 bits per heavy atom. The van der Waals surface area contributed by atoms with Crippen LogP contribution in [0.4, 0.5) is 0 Å². The topological polar surface area (TPSA) is 25.8 Å². The molecular formula is C45H46N2. The lowest BCUT2D eigenvalue weighted by Gasteiger charge is -2.23. The number of aromatic nitrogens is 2. The molecule has 2 aliphatic rings. The minimum absolute atomic E-state index is 0.0247. The summed E-state index contributed by atoms with van der Waals surface area (Å²) in [5.74, 6) is 0.578. The number of rotatable bonds is 3. The Hall–Kier alpha value is -4.30. The lowest BCUT2D eigenvalue weighted by molar-refractivity contribution is 0.467. The molecule has 0 amide bonds. The molecule has 0 N–H and O–H groups in total. The van der Waals surface area contributed by atoms with Gasteiger partial charge in [-0.05, 0) is 99.2 Å². The molecule has 2 heterocycles. The van der Waals surface area contributed by atoms with Crippen molar-refractivity contribution in [1.29, 1.82) is 0 Å². The highest BCUT2D eigenvalue weighted by Crippen LogP contribution is 2.50. The molecule has 2 heteroatoms. The van der Waals surface area contributed by atoms with Gasteiger partial charge in [-0.25, -0.2) is 0 Å². The minimum atomic E-state index is -0.0247. The van der Waals surface area contributed by atoms with Gasteiger partial charge in [-0.3, -0.25) is 9.97 Å². The van der Waals surface area contributed by atoms with Crippen molar-refractivity contribution in [1.82, 2.24) is 9.97 Å². The van der Waals surface area contributed by atoms with Crippen LogP contribution >= 0.6 is 0 Å². The van der Waals surface area contributed by atoms with Crippen molar-refractivity contribution >= 4 is 21.8 Å².